The van der Waals surface area contributed by atoms with Crippen molar-refractivity contribution in [2.24, 2.45) is 5.73 Å². The van der Waals surface area contributed by atoms with Crippen molar-refractivity contribution in [2.45, 2.75) is 18.9 Å². The van der Waals surface area contributed by atoms with E-state index in [4.69, 9.17) is 10.8 Å². The molecule has 1 aromatic carbocycles. The molecule has 82 valence electrons. The smallest absolute Gasteiger partial charge is 0.0589 e. The molecule has 2 rings (SSSR count). The van der Waals surface area contributed by atoms with Crippen molar-refractivity contribution in [1.29, 1.82) is 0 Å². The second kappa shape index (κ2) is 3.83. The standard InChI is InChI=1S/C12H18N2O/c1-8-3-4-12-9(5-8)10(6-14(12)2)11(13)7-15/h3-5,10-11,15H,6-7,13H2,1-2H3. The van der Waals surface area contributed by atoms with Crippen LogP contribution in [0.25, 0.3) is 0 Å². The number of likely N-dealkylation sites (N-methyl/N-ethyl adjacent to an activating group) is 1. The predicted molar refractivity (Wildman–Crippen MR) is 62.3 cm³/mol. The molecule has 0 amide bonds. The molecule has 15 heavy (non-hydrogen) atoms. The number of hydrogen-bond acceptors (Lipinski definition) is 3. The van der Waals surface area contributed by atoms with Gasteiger partial charge in [-0.05, 0) is 18.6 Å². The molecule has 3 heteroatoms. The molecule has 0 fully saturated rings. The van der Waals surface area contributed by atoms with Gasteiger partial charge in [0.15, 0.2) is 0 Å². The summed E-state index contributed by atoms with van der Waals surface area (Å²) in [6, 6.07) is 6.27. The highest BCUT2D eigenvalue weighted by Crippen LogP contribution is 2.37. The Labute approximate surface area is 90.5 Å². The highest BCUT2D eigenvalue weighted by molar-refractivity contribution is 5.61. The first-order valence-corrected chi connectivity index (χ1v) is 5.31. The molecule has 0 saturated heterocycles. The SMILES string of the molecule is Cc1ccc2c(c1)C(C(N)CO)CN2C. The summed E-state index contributed by atoms with van der Waals surface area (Å²) >= 11 is 0. The van der Waals surface area contributed by atoms with Crippen LogP contribution in [0.15, 0.2) is 18.2 Å². The summed E-state index contributed by atoms with van der Waals surface area (Å²) in [7, 11) is 2.07. The van der Waals surface area contributed by atoms with Crippen LogP contribution < -0.4 is 10.6 Å². The zero-order chi connectivity index (χ0) is 11.0. The molecule has 1 aliphatic heterocycles. The zero-order valence-corrected chi connectivity index (χ0v) is 9.27. The minimum Gasteiger partial charge on any atom is -0.395 e. The van der Waals surface area contributed by atoms with Crippen molar-refractivity contribution in [1.82, 2.24) is 0 Å². The average Bonchev–Trinajstić information content (AvgIpc) is 2.54. The van der Waals surface area contributed by atoms with Gasteiger partial charge in [0, 0.05) is 31.2 Å². The van der Waals surface area contributed by atoms with Gasteiger partial charge in [-0.1, -0.05) is 17.7 Å². The molecular weight excluding hydrogens is 188 g/mol. The Balaban J connectivity index is 2.39. The second-order valence-electron chi connectivity index (χ2n) is 4.40. The van der Waals surface area contributed by atoms with Gasteiger partial charge in [0.05, 0.1) is 6.61 Å². The molecule has 1 heterocycles. The average molecular weight is 206 g/mol. The number of benzene rings is 1. The van der Waals surface area contributed by atoms with E-state index < -0.39 is 0 Å². The molecular formula is C12H18N2O. The number of rotatable bonds is 2. The van der Waals surface area contributed by atoms with E-state index in [1.807, 2.05) is 0 Å². The number of aryl methyl sites for hydroxylation is 1. The number of hydrogen-bond donors (Lipinski definition) is 2. The minimum absolute atomic E-state index is 0.0475. The molecule has 2 atom stereocenters. The Morgan fingerprint density at radius 1 is 1.60 bits per heavy atom. The lowest BCUT2D eigenvalue weighted by atomic mass is 9.93. The van der Waals surface area contributed by atoms with Gasteiger partial charge in [-0.3, -0.25) is 0 Å². The van der Waals surface area contributed by atoms with Crippen molar-refractivity contribution >= 4 is 5.69 Å². The summed E-state index contributed by atoms with van der Waals surface area (Å²) in [5.41, 5.74) is 9.70. The summed E-state index contributed by atoms with van der Waals surface area (Å²) in [6.07, 6.45) is 0. The van der Waals surface area contributed by atoms with Crippen LogP contribution in [0.2, 0.25) is 0 Å². The Hall–Kier alpha value is -1.06. The summed E-state index contributed by atoms with van der Waals surface area (Å²) in [6.45, 7) is 3.03. The van der Waals surface area contributed by atoms with Crippen LogP contribution in [0, 0.1) is 6.92 Å². The Bertz CT molecular complexity index is 365. The molecule has 3 N–H and O–H groups in total. The van der Waals surface area contributed by atoms with Gasteiger partial charge in [0.1, 0.15) is 0 Å². The minimum atomic E-state index is -0.157. The van der Waals surface area contributed by atoms with E-state index in [0.717, 1.165) is 6.54 Å². The second-order valence-corrected chi connectivity index (χ2v) is 4.40. The maximum atomic E-state index is 9.13. The molecule has 0 saturated carbocycles. The quantitative estimate of drug-likeness (QED) is 0.754. The fraction of sp³-hybridized carbons (Fsp3) is 0.500. The lowest BCUT2D eigenvalue weighted by Gasteiger charge is -2.17. The third-order valence-electron chi connectivity index (χ3n) is 3.19. The van der Waals surface area contributed by atoms with Gasteiger partial charge >= 0.3 is 0 Å². The van der Waals surface area contributed by atoms with Crippen LogP contribution in [0.3, 0.4) is 0 Å². The fourth-order valence-corrected chi connectivity index (χ4v) is 2.30. The van der Waals surface area contributed by atoms with Crippen molar-refractivity contribution in [3.05, 3.63) is 29.3 Å². The molecule has 0 aliphatic carbocycles. The number of nitrogens with two attached hydrogens (primary N) is 1. The maximum Gasteiger partial charge on any atom is 0.0589 e. The summed E-state index contributed by atoms with van der Waals surface area (Å²) in [4.78, 5) is 2.20. The molecule has 0 radical (unpaired) electrons. The van der Waals surface area contributed by atoms with E-state index in [-0.39, 0.29) is 18.6 Å². The lowest BCUT2D eigenvalue weighted by Crippen LogP contribution is -2.34. The number of nitrogens with zero attached hydrogens (tertiary/aromatic N) is 1. The van der Waals surface area contributed by atoms with Gasteiger partial charge in [-0.2, -0.15) is 0 Å². The van der Waals surface area contributed by atoms with Gasteiger partial charge in [-0.25, -0.2) is 0 Å². The van der Waals surface area contributed by atoms with E-state index in [0.29, 0.717) is 0 Å². The molecule has 0 bridgehead atoms. The normalized spacial score (nSPS) is 21.6. The predicted octanol–water partition coefficient (Wildman–Crippen LogP) is 0.848. The first kappa shape index (κ1) is 10.5. The van der Waals surface area contributed by atoms with Crippen molar-refractivity contribution < 1.29 is 5.11 Å². The summed E-state index contributed by atoms with van der Waals surface area (Å²) in [5.74, 6) is 0.259. The first-order chi connectivity index (χ1) is 7.13. The zero-order valence-electron chi connectivity index (χ0n) is 9.27. The molecule has 3 nitrogen and oxygen atoms in total. The van der Waals surface area contributed by atoms with Crippen LogP contribution in [-0.2, 0) is 0 Å². The van der Waals surface area contributed by atoms with Crippen LogP contribution >= 0.6 is 0 Å². The Morgan fingerprint density at radius 3 is 3.00 bits per heavy atom. The van der Waals surface area contributed by atoms with E-state index in [1.54, 1.807) is 0 Å². The van der Waals surface area contributed by atoms with Crippen LogP contribution in [0.1, 0.15) is 17.0 Å². The molecule has 1 aliphatic rings. The highest BCUT2D eigenvalue weighted by atomic mass is 16.3. The van der Waals surface area contributed by atoms with Crippen LogP contribution in [-0.4, -0.2) is 31.3 Å². The Kier molecular flexibility index (Phi) is 2.67. The van der Waals surface area contributed by atoms with Crippen LogP contribution in [0.5, 0.6) is 0 Å². The van der Waals surface area contributed by atoms with Gasteiger partial charge in [0.2, 0.25) is 0 Å². The van der Waals surface area contributed by atoms with Crippen molar-refractivity contribution in [3.8, 4) is 0 Å². The van der Waals surface area contributed by atoms with E-state index in [1.165, 1.54) is 16.8 Å². The fourth-order valence-electron chi connectivity index (χ4n) is 2.30. The van der Waals surface area contributed by atoms with Gasteiger partial charge < -0.3 is 15.7 Å². The highest BCUT2D eigenvalue weighted by Gasteiger charge is 2.30. The Morgan fingerprint density at radius 2 is 2.33 bits per heavy atom. The van der Waals surface area contributed by atoms with Crippen LogP contribution in [0.4, 0.5) is 5.69 Å². The third-order valence-corrected chi connectivity index (χ3v) is 3.19. The topological polar surface area (TPSA) is 49.5 Å². The summed E-state index contributed by atoms with van der Waals surface area (Å²) < 4.78 is 0. The van der Waals surface area contributed by atoms with Crippen molar-refractivity contribution in [3.63, 3.8) is 0 Å². The van der Waals surface area contributed by atoms with E-state index in [9.17, 15) is 0 Å². The van der Waals surface area contributed by atoms with Gasteiger partial charge in [0.25, 0.3) is 0 Å². The van der Waals surface area contributed by atoms with E-state index in [2.05, 4.69) is 37.1 Å². The molecule has 2 unspecified atom stereocenters. The third kappa shape index (κ3) is 1.73. The van der Waals surface area contributed by atoms with E-state index >= 15 is 0 Å². The summed E-state index contributed by atoms with van der Waals surface area (Å²) in [5, 5.41) is 9.13. The lowest BCUT2D eigenvalue weighted by molar-refractivity contribution is 0.251. The maximum absolute atomic E-state index is 9.13. The molecule has 0 spiro atoms. The largest absolute Gasteiger partial charge is 0.395 e. The molecule has 0 aromatic heterocycles. The van der Waals surface area contributed by atoms with Crippen molar-refractivity contribution in [2.75, 3.05) is 25.1 Å². The number of aliphatic hydroxyl groups is 1. The number of anilines is 1. The molecule has 1 aromatic rings. The van der Waals surface area contributed by atoms with Gasteiger partial charge in [-0.15, -0.1) is 0 Å². The first-order valence-electron chi connectivity index (χ1n) is 5.31. The monoisotopic (exact) mass is 206 g/mol. The number of aliphatic hydroxyl groups excluding tert-OH is 1. The number of fused-ring (bicyclic) bond motifs is 1.